The van der Waals surface area contributed by atoms with E-state index in [1.165, 1.54) is 12.1 Å². The molecule has 0 saturated heterocycles. The van der Waals surface area contributed by atoms with Crippen molar-refractivity contribution in [3.8, 4) is 11.1 Å². The van der Waals surface area contributed by atoms with Gasteiger partial charge in [-0.05, 0) is 24.6 Å². The maximum absolute atomic E-state index is 13.5. The Balaban J connectivity index is 0.00000116. The summed E-state index contributed by atoms with van der Waals surface area (Å²) in [5.74, 6) is -0.846. The lowest BCUT2D eigenvalue weighted by Crippen LogP contribution is -2.14. The number of amides is 1. The molecule has 6 heteroatoms. The minimum absolute atomic E-state index is 0.140. The topological polar surface area (TPSA) is 72.1 Å². The number of benzene rings is 1. The van der Waals surface area contributed by atoms with Gasteiger partial charge in [-0.25, -0.2) is 14.4 Å². The summed E-state index contributed by atoms with van der Waals surface area (Å²) in [5.41, 5.74) is 7.14. The summed E-state index contributed by atoms with van der Waals surface area (Å²) in [6, 6.07) is 4.20. The molecule has 0 spiro atoms. The van der Waals surface area contributed by atoms with E-state index >= 15 is 0 Å². The zero-order valence-corrected chi connectivity index (χ0v) is 13.5. The van der Waals surface area contributed by atoms with Crippen LogP contribution in [0.4, 0.5) is 10.3 Å². The van der Waals surface area contributed by atoms with E-state index in [2.05, 4.69) is 9.97 Å². The number of anilines is 1. The number of hydrogen-bond donors (Lipinski definition) is 1. The molecule has 0 fully saturated rings. The third-order valence-corrected chi connectivity index (χ3v) is 2.91. The maximum Gasteiger partial charge on any atom is 0.251 e. The van der Waals surface area contributed by atoms with Crippen LogP contribution in [0.5, 0.6) is 0 Å². The van der Waals surface area contributed by atoms with Crippen LogP contribution in [0.1, 0.15) is 29.9 Å². The summed E-state index contributed by atoms with van der Waals surface area (Å²) in [7, 11) is 3.69. The second kappa shape index (κ2) is 7.49. The molecule has 0 bridgehead atoms. The molecule has 2 rings (SSSR count). The quantitative estimate of drug-likeness (QED) is 0.946. The lowest BCUT2D eigenvalue weighted by atomic mass is 10.0. The Morgan fingerprint density at radius 3 is 2.41 bits per heavy atom. The van der Waals surface area contributed by atoms with Crippen LogP contribution < -0.4 is 10.6 Å². The third kappa shape index (κ3) is 3.78. The van der Waals surface area contributed by atoms with E-state index in [1.807, 2.05) is 34.9 Å². The summed E-state index contributed by atoms with van der Waals surface area (Å²) >= 11 is 0. The summed E-state index contributed by atoms with van der Waals surface area (Å²) in [5, 5.41) is 0. The van der Waals surface area contributed by atoms with E-state index in [0.29, 0.717) is 11.5 Å². The number of nitrogens with two attached hydrogens (primary N) is 1. The number of aryl methyl sites for hydroxylation is 1. The van der Waals surface area contributed by atoms with Crippen LogP contribution in [0.15, 0.2) is 24.4 Å². The summed E-state index contributed by atoms with van der Waals surface area (Å²) in [6.07, 6.45) is 1.65. The average molecular weight is 304 g/mol. The second-order valence-electron chi connectivity index (χ2n) is 4.62. The predicted octanol–water partition coefficient (Wildman–Crippen LogP) is 2.78. The van der Waals surface area contributed by atoms with E-state index in [4.69, 9.17) is 5.73 Å². The number of aromatic nitrogens is 2. The predicted molar refractivity (Wildman–Crippen MR) is 86.4 cm³/mol. The van der Waals surface area contributed by atoms with Crippen molar-refractivity contribution in [3.63, 3.8) is 0 Å². The van der Waals surface area contributed by atoms with Gasteiger partial charge < -0.3 is 10.6 Å². The van der Waals surface area contributed by atoms with Crippen molar-refractivity contribution in [2.75, 3.05) is 19.0 Å². The number of halogens is 1. The van der Waals surface area contributed by atoms with Crippen LogP contribution >= 0.6 is 0 Å². The first kappa shape index (κ1) is 17.6. The number of rotatable bonds is 3. The zero-order chi connectivity index (χ0) is 16.9. The van der Waals surface area contributed by atoms with E-state index in [1.54, 1.807) is 17.2 Å². The molecule has 1 heterocycles. The highest BCUT2D eigenvalue weighted by atomic mass is 19.1. The first-order chi connectivity index (χ1) is 10.4. The number of carbonyl (C=O) groups is 1. The molecule has 5 nitrogen and oxygen atoms in total. The molecular formula is C16H21FN4O. The molecule has 0 aliphatic carbocycles. The lowest BCUT2D eigenvalue weighted by Gasteiger charge is -2.13. The fourth-order valence-electron chi connectivity index (χ4n) is 1.84. The van der Waals surface area contributed by atoms with Gasteiger partial charge in [-0.1, -0.05) is 19.9 Å². The standard InChI is InChI=1S/C14H15FN4O.C2H6/c1-8-11(7-17-14(18-8)19(2)3)9-4-5-12(15)10(6-9)13(16)20;1-2/h4-7H,1-3H3,(H2,16,20);1-2H3. The van der Waals surface area contributed by atoms with Crippen LogP contribution in [-0.4, -0.2) is 30.0 Å². The molecule has 0 saturated carbocycles. The Labute approximate surface area is 130 Å². The van der Waals surface area contributed by atoms with Crippen molar-refractivity contribution < 1.29 is 9.18 Å². The van der Waals surface area contributed by atoms with E-state index in [-0.39, 0.29) is 5.56 Å². The Morgan fingerprint density at radius 2 is 1.91 bits per heavy atom. The summed E-state index contributed by atoms with van der Waals surface area (Å²) in [4.78, 5) is 21.5. The normalized spacial score (nSPS) is 9.73. The lowest BCUT2D eigenvalue weighted by molar-refractivity contribution is 0.0996. The van der Waals surface area contributed by atoms with Crippen molar-refractivity contribution in [1.29, 1.82) is 0 Å². The highest BCUT2D eigenvalue weighted by molar-refractivity contribution is 5.94. The molecule has 1 aromatic carbocycles. The molecule has 22 heavy (non-hydrogen) atoms. The van der Waals surface area contributed by atoms with Crippen molar-refractivity contribution in [3.05, 3.63) is 41.5 Å². The average Bonchev–Trinajstić information content (AvgIpc) is 2.49. The highest BCUT2D eigenvalue weighted by Crippen LogP contribution is 2.24. The van der Waals surface area contributed by atoms with E-state index < -0.39 is 11.7 Å². The van der Waals surface area contributed by atoms with Gasteiger partial charge in [0.2, 0.25) is 5.95 Å². The molecule has 1 amide bonds. The number of primary amides is 1. The van der Waals surface area contributed by atoms with Crippen LogP contribution in [-0.2, 0) is 0 Å². The van der Waals surface area contributed by atoms with Crippen molar-refractivity contribution in [2.24, 2.45) is 5.73 Å². The Hall–Kier alpha value is -2.50. The summed E-state index contributed by atoms with van der Waals surface area (Å²) < 4.78 is 13.5. The Kier molecular flexibility index (Phi) is 5.98. The van der Waals surface area contributed by atoms with Gasteiger partial charge in [-0.2, -0.15) is 0 Å². The minimum atomic E-state index is -0.798. The second-order valence-corrected chi connectivity index (χ2v) is 4.62. The van der Waals surface area contributed by atoms with Gasteiger partial charge in [0.05, 0.1) is 11.3 Å². The van der Waals surface area contributed by atoms with Crippen molar-refractivity contribution in [1.82, 2.24) is 9.97 Å². The van der Waals surface area contributed by atoms with Gasteiger partial charge in [-0.3, -0.25) is 4.79 Å². The van der Waals surface area contributed by atoms with Gasteiger partial charge in [0, 0.05) is 25.9 Å². The van der Waals surface area contributed by atoms with Crippen LogP contribution in [0, 0.1) is 12.7 Å². The number of nitrogens with zero attached hydrogens (tertiary/aromatic N) is 3. The molecule has 2 N–H and O–H groups in total. The Bertz CT molecular complexity index is 671. The molecular weight excluding hydrogens is 283 g/mol. The number of carbonyl (C=O) groups excluding carboxylic acids is 1. The number of hydrogen-bond acceptors (Lipinski definition) is 4. The van der Waals surface area contributed by atoms with Crippen molar-refractivity contribution >= 4 is 11.9 Å². The van der Waals surface area contributed by atoms with Gasteiger partial charge >= 0.3 is 0 Å². The maximum atomic E-state index is 13.5. The van der Waals surface area contributed by atoms with Crippen LogP contribution in [0.2, 0.25) is 0 Å². The van der Waals surface area contributed by atoms with Gasteiger partial charge in [-0.15, -0.1) is 0 Å². The fraction of sp³-hybridized carbons (Fsp3) is 0.312. The summed E-state index contributed by atoms with van der Waals surface area (Å²) in [6.45, 7) is 5.83. The van der Waals surface area contributed by atoms with Crippen molar-refractivity contribution in [2.45, 2.75) is 20.8 Å². The van der Waals surface area contributed by atoms with Gasteiger partial charge in [0.15, 0.2) is 0 Å². The fourth-order valence-corrected chi connectivity index (χ4v) is 1.84. The Morgan fingerprint density at radius 1 is 1.27 bits per heavy atom. The first-order valence-corrected chi connectivity index (χ1v) is 7.01. The molecule has 2 aromatic rings. The molecule has 0 aliphatic rings. The van der Waals surface area contributed by atoms with E-state index in [0.717, 1.165) is 11.3 Å². The smallest absolute Gasteiger partial charge is 0.251 e. The molecule has 1 aromatic heterocycles. The largest absolute Gasteiger partial charge is 0.366 e. The molecule has 0 atom stereocenters. The van der Waals surface area contributed by atoms with Crippen LogP contribution in [0.25, 0.3) is 11.1 Å². The molecule has 118 valence electrons. The minimum Gasteiger partial charge on any atom is -0.366 e. The SMILES string of the molecule is CC.Cc1nc(N(C)C)ncc1-c1ccc(F)c(C(N)=O)c1. The van der Waals surface area contributed by atoms with Gasteiger partial charge in [0.1, 0.15) is 5.82 Å². The molecule has 0 aliphatic heterocycles. The zero-order valence-electron chi connectivity index (χ0n) is 13.5. The van der Waals surface area contributed by atoms with Crippen LogP contribution in [0.3, 0.4) is 0 Å². The molecule has 0 radical (unpaired) electrons. The van der Waals surface area contributed by atoms with E-state index in [9.17, 15) is 9.18 Å². The molecule has 0 unspecified atom stereocenters. The third-order valence-electron chi connectivity index (χ3n) is 2.91. The van der Waals surface area contributed by atoms with Gasteiger partial charge in [0.25, 0.3) is 5.91 Å². The first-order valence-electron chi connectivity index (χ1n) is 7.01. The monoisotopic (exact) mass is 304 g/mol. The highest BCUT2D eigenvalue weighted by Gasteiger charge is 2.12.